The van der Waals surface area contributed by atoms with Gasteiger partial charge in [0.25, 0.3) is 0 Å². The first-order valence-corrected chi connectivity index (χ1v) is 15.5. The van der Waals surface area contributed by atoms with Crippen LogP contribution in [-0.2, 0) is 0 Å². The van der Waals surface area contributed by atoms with Crippen molar-refractivity contribution in [1.29, 1.82) is 0 Å². The zero-order valence-electron chi connectivity index (χ0n) is 26.0. The van der Waals surface area contributed by atoms with Crippen molar-refractivity contribution in [3.8, 4) is 0 Å². The summed E-state index contributed by atoms with van der Waals surface area (Å²) in [6.07, 6.45) is 0. The Morgan fingerprint density at radius 2 is 1.20 bits per heavy atom. The van der Waals surface area contributed by atoms with Crippen LogP contribution < -0.4 is 0 Å². The Labute approximate surface area is 264 Å². The standard InChI is InChI=1S/C12H13NO2.C12H12O3.C12H12O2S/c1-7(2)8-4-3-5-10-9(8)6-11(13-10)12(14)15;2*1-7(2)8-4-3-5-10-9(8)6-11(15-10)12(13)14/h3-7,13H,1-2H3,(H,14,15);2*3-7H,1-2H3,(H,13,14). The third kappa shape index (κ3) is 7.44. The molecule has 4 N–H and O–H groups in total. The molecule has 0 bridgehead atoms. The predicted molar refractivity (Wildman–Crippen MR) is 179 cm³/mol. The van der Waals surface area contributed by atoms with Gasteiger partial charge in [0.1, 0.15) is 16.2 Å². The summed E-state index contributed by atoms with van der Waals surface area (Å²) in [5, 5.41) is 29.6. The predicted octanol–water partition coefficient (Wildman–Crippen LogP) is 9.97. The Morgan fingerprint density at radius 1 is 0.644 bits per heavy atom. The number of carboxylic acid groups (broad SMARTS) is 3. The van der Waals surface area contributed by atoms with E-state index in [1.807, 2.05) is 42.5 Å². The second-order valence-electron chi connectivity index (χ2n) is 11.6. The van der Waals surface area contributed by atoms with E-state index >= 15 is 0 Å². The van der Waals surface area contributed by atoms with E-state index in [-0.39, 0.29) is 11.5 Å². The number of hydrogen-bond acceptors (Lipinski definition) is 5. The van der Waals surface area contributed by atoms with Crippen molar-refractivity contribution >= 4 is 61.2 Å². The minimum Gasteiger partial charge on any atom is -0.477 e. The maximum absolute atomic E-state index is 10.9. The van der Waals surface area contributed by atoms with Crippen LogP contribution in [-0.4, -0.2) is 38.2 Å². The molecule has 234 valence electrons. The molecule has 0 atom stereocenters. The van der Waals surface area contributed by atoms with Crippen molar-refractivity contribution in [3.05, 3.63) is 106 Å². The van der Waals surface area contributed by atoms with Crippen LogP contribution in [0.4, 0.5) is 0 Å². The van der Waals surface area contributed by atoms with Crippen LogP contribution in [0.1, 0.15) is 107 Å². The highest BCUT2D eigenvalue weighted by molar-refractivity contribution is 7.20. The van der Waals surface area contributed by atoms with Gasteiger partial charge < -0.3 is 24.7 Å². The van der Waals surface area contributed by atoms with Gasteiger partial charge >= 0.3 is 17.9 Å². The molecule has 3 heterocycles. The number of furan rings is 1. The van der Waals surface area contributed by atoms with Crippen molar-refractivity contribution in [1.82, 2.24) is 4.98 Å². The molecule has 6 aromatic rings. The highest BCUT2D eigenvalue weighted by Crippen LogP contribution is 2.32. The van der Waals surface area contributed by atoms with Gasteiger partial charge in [0.2, 0.25) is 5.76 Å². The number of thiophene rings is 1. The summed E-state index contributed by atoms with van der Waals surface area (Å²) in [7, 11) is 0. The van der Waals surface area contributed by atoms with Gasteiger partial charge in [-0.05, 0) is 76.2 Å². The van der Waals surface area contributed by atoms with E-state index in [0.29, 0.717) is 28.2 Å². The van der Waals surface area contributed by atoms with Gasteiger partial charge in [0, 0.05) is 21.0 Å². The number of hydrogen-bond donors (Lipinski definition) is 4. The molecule has 0 unspecified atom stereocenters. The fourth-order valence-electron chi connectivity index (χ4n) is 5.18. The van der Waals surface area contributed by atoms with Crippen LogP contribution in [0.3, 0.4) is 0 Å². The molecule has 0 aliphatic heterocycles. The molecule has 9 heteroatoms. The molecule has 0 aliphatic carbocycles. The maximum Gasteiger partial charge on any atom is 0.371 e. The molecule has 0 radical (unpaired) electrons. The van der Waals surface area contributed by atoms with Crippen LogP contribution in [0.5, 0.6) is 0 Å². The number of nitrogens with one attached hydrogen (secondary N) is 1. The van der Waals surface area contributed by atoms with E-state index in [9.17, 15) is 14.4 Å². The van der Waals surface area contributed by atoms with E-state index in [1.54, 1.807) is 24.3 Å². The first-order valence-electron chi connectivity index (χ1n) is 14.6. The SMILES string of the molecule is CC(C)c1cccc2[nH]c(C(=O)O)cc12.CC(C)c1cccc2oc(C(=O)O)cc12.CC(C)c1cccc2sc(C(=O)O)cc12. The molecule has 0 spiro atoms. The normalized spacial score (nSPS) is 11.1. The summed E-state index contributed by atoms with van der Waals surface area (Å²) in [6, 6.07) is 22.6. The number of carbonyl (C=O) groups is 3. The van der Waals surface area contributed by atoms with Crippen molar-refractivity contribution < 1.29 is 34.1 Å². The van der Waals surface area contributed by atoms with E-state index in [2.05, 4.69) is 52.6 Å². The van der Waals surface area contributed by atoms with Crippen molar-refractivity contribution in [2.24, 2.45) is 0 Å². The third-order valence-electron chi connectivity index (χ3n) is 7.41. The molecule has 6 rings (SSSR count). The first-order chi connectivity index (χ1) is 21.3. The molecule has 0 saturated carbocycles. The number of fused-ring (bicyclic) bond motifs is 3. The van der Waals surface area contributed by atoms with Crippen molar-refractivity contribution in [2.75, 3.05) is 0 Å². The lowest BCUT2D eigenvalue weighted by Crippen LogP contribution is -1.94. The van der Waals surface area contributed by atoms with Gasteiger partial charge in [-0.3, -0.25) is 0 Å². The molecule has 0 fully saturated rings. The fraction of sp³-hybridized carbons (Fsp3) is 0.250. The van der Waals surface area contributed by atoms with Gasteiger partial charge in [-0.1, -0.05) is 77.9 Å². The summed E-state index contributed by atoms with van der Waals surface area (Å²) >= 11 is 1.34. The van der Waals surface area contributed by atoms with Crippen LogP contribution in [0, 0.1) is 0 Å². The van der Waals surface area contributed by atoms with Crippen LogP contribution in [0.2, 0.25) is 0 Å². The van der Waals surface area contributed by atoms with E-state index in [4.69, 9.17) is 19.7 Å². The second-order valence-corrected chi connectivity index (χ2v) is 12.7. The quantitative estimate of drug-likeness (QED) is 0.144. The topological polar surface area (TPSA) is 141 Å². The van der Waals surface area contributed by atoms with Crippen molar-refractivity contribution in [3.63, 3.8) is 0 Å². The highest BCUT2D eigenvalue weighted by atomic mass is 32.1. The molecule has 0 saturated heterocycles. The Morgan fingerprint density at radius 3 is 1.76 bits per heavy atom. The lowest BCUT2D eigenvalue weighted by atomic mass is 9.99. The average Bonchev–Trinajstić information content (AvgIpc) is 3.73. The zero-order chi connectivity index (χ0) is 33.0. The van der Waals surface area contributed by atoms with Crippen molar-refractivity contribution in [2.45, 2.75) is 59.3 Å². The Balaban J connectivity index is 0.000000154. The summed E-state index contributed by atoms with van der Waals surface area (Å²) in [6.45, 7) is 12.6. The van der Waals surface area contributed by atoms with Gasteiger partial charge in [0.15, 0.2) is 0 Å². The van der Waals surface area contributed by atoms with Gasteiger partial charge in [-0.2, -0.15) is 0 Å². The summed E-state index contributed by atoms with van der Waals surface area (Å²) in [4.78, 5) is 35.7. The zero-order valence-corrected chi connectivity index (χ0v) is 26.9. The number of aromatic nitrogens is 1. The average molecular weight is 628 g/mol. The summed E-state index contributed by atoms with van der Waals surface area (Å²) in [5.74, 6) is -1.62. The Bertz CT molecular complexity index is 1760. The molecular weight excluding hydrogens is 590 g/mol. The van der Waals surface area contributed by atoms with Gasteiger partial charge in [-0.15, -0.1) is 11.3 Å². The fourth-order valence-corrected chi connectivity index (χ4v) is 6.12. The number of rotatable bonds is 6. The lowest BCUT2D eigenvalue weighted by Gasteiger charge is -2.05. The lowest BCUT2D eigenvalue weighted by molar-refractivity contribution is 0.0660. The Hall–Kier alpha value is -4.89. The van der Waals surface area contributed by atoms with Gasteiger partial charge in [0.05, 0.1) is 0 Å². The van der Waals surface area contributed by atoms with Gasteiger partial charge in [-0.25, -0.2) is 14.4 Å². The number of aromatic carboxylic acids is 3. The molecule has 0 aliphatic rings. The number of H-pyrrole nitrogens is 1. The highest BCUT2D eigenvalue weighted by Gasteiger charge is 2.15. The summed E-state index contributed by atoms with van der Waals surface area (Å²) < 4.78 is 6.28. The van der Waals surface area contributed by atoms with Crippen LogP contribution in [0.25, 0.3) is 32.0 Å². The molecule has 0 amide bonds. The Kier molecular flexibility index (Phi) is 10.1. The maximum atomic E-state index is 10.9. The van der Waals surface area contributed by atoms with Crippen LogP contribution >= 0.6 is 11.3 Å². The molecule has 45 heavy (non-hydrogen) atoms. The summed E-state index contributed by atoms with van der Waals surface area (Å²) in [5.41, 5.74) is 5.28. The number of carboxylic acids is 3. The minimum atomic E-state index is -1.03. The monoisotopic (exact) mass is 627 g/mol. The number of aromatic amines is 1. The largest absolute Gasteiger partial charge is 0.477 e. The van der Waals surface area contributed by atoms with E-state index in [0.717, 1.165) is 31.9 Å². The second kappa shape index (κ2) is 13.8. The molecule has 8 nitrogen and oxygen atoms in total. The number of benzene rings is 3. The minimum absolute atomic E-state index is 0.00176. The smallest absolute Gasteiger partial charge is 0.371 e. The van der Waals surface area contributed by atoms with Crippen LogP contribution in [0.15, 0.2) is 77.2 Å². The van der Waals surface area contributed by atoms with E-state index in [1.165, 1.54) is 22.5 Å². The third-order valence-corrected chi connectivity index (χ3v) is 8.49. The molecule has 3 aromatic heterocycles. The molecule has 3 aromatic carbocycles. The first kappa shape index (κ1) is 33.0. The molecular formula is C36H37NO7S. The van der Waals surface area contributed by atoms with E-state index < -0.39 is 17.9 Å².